The third kappa shape index (κ3) is 2.39. The highest BCUT2D eigenvalue weighted by Gasteiger charge is 2.28. The Morgan fingerprint density at radius 3 is 2.87 bits per heavy atom. The Kier molecular flexibility index (Phi) is 2.26. The molecule has 0 saturated carbocycles. The molecule has 0 fully saturated rings. The molecule has 0 unspecified atom stereocenters. The van der Waals surface area contributed by atoms with E-state index in [1.165, 1.54) is 12.1 Å². The largest absolute Gasteiger partial charge is 0.484 e. The molecule has 80 valence electrons. The SMILES string of the molecule is FC(F)(F)COc1ccc2cn[nH]c2c1. The highest BCUT2D eigenvalue weighted by molar-refractivity contribution is 5.79. The second-order valence-electron chi connectivity index (χ2n) is 3.02. The summed E-state index contributed by atoms with van der Waals surface area (Å²) in [7, 11) is 0. The van der Waals surface area contributed by atoms with Gasteiger partial charge in [0.05, 0.1) is 11.7 Å². The van der Waals surface area contributed by atoms with Crippen LogP contribution in [0.4, 0.5) is 13.2 Å². The molecule has 0 saturated heterocycles. The fourth-order valence-corrected chi connectivity index (χ4v) is 1.17. The Balaban J connectivity index is 2.15. The van der Waals surface area contributed by atoms with E-state index in [0.717, 1.165) is 5.39 Å². The van der Waals surface area contributed by atoms with Crippen LogP contribution < -0.4 is 4.74 Å². The van der Waals surface area contributed by atoms with E-state index in [4.69, 9.17) is 0 Å². The molecule has 0 radical (unpaired) electrons. The first-order chi connectivity index (χ1) is 7.04. The van der Waals surface area contributed by atoms with Crippen LogP contribution in [0.5, 0.6) is 5.75 Å². The summed E-state index contributed by atoms with van der Waals surface area (Å²) in [4.78, 5) is 0. The number of fused-ring (bicyclic) bond motifs is 1. The summed E-state index contributed by atoms with van der Waals surface area (Å²) in [6.45, 7) is -1.29. The number of alkyl halides is 3. The van der Waals surface area contributed by atoms with Gasteiger partial charge in [-0.05, 0) is 12.1 Å². The summed E-state index contributed by atoms with van der Waals surface area (Å²) >= 11 is 0. The van der Waals surface area contributed by atoms with Gasteiger partial charge in [-0.3, -0.25) is 5.10 Å². The molecule has 0 spiro atoms. The van der Waals surface area contributed by atoms with Crippen molar-refractivity contribution < 1.29 is 17.9 Å². The molecule has 2 aromatic rings. The Morgan fingerprint density at radius 2 is 2.13 bits per heavy atom. The molecule has 2 rings (SSSR count). The quantitative estimate of drug-likeness (QED) is 0.837. The van der Waals surface area contributed by atoms with Crippen LogP contribution in [0.3, 0.4) is 0 Å². The van der Waals surface area contributed by atoms with Gasteiger partial charge in [-0.15, -0.1) is 0 Å². The van der Waals surface area contributed by atoms with Crippen LogP contribution >= 0.6 is 0 Å². The predicted octanol–water partition coefficient (Wildman–Crippen LogP) is 2.50. The van der Waals surface area contributed by atoms with Gasteiger partial charge in [0.15, 0.2) is 6.61 Å². The average molecular weight is 216 g/mol. The minimum atomic E-state index is -4.32. The number of hydrogen-bond donors (Lipinski definition) is 1. The van der Waals surface area contributed by atoms with Gasteiger partial charge in [-0.2, -0.15) is 18.3 Å². The summed E-state index contributed by atoms with van der Waals surface area (Å²) in [5.74, 6) is 0.170. The first-order valence-corrected chi connectivity index (χ1v) is 4.17. The molecule has 6 heteroatoms. The second-order valence-corrected chi connectivity index (χ2v) is 3.02. The Labute approximate surface area is 82.9 Å². The van der Waals surface area contributed by atoms with Crippen molar-refractivity contribution in [3.63, 3.8) is 0 Å². The fourth-order valence-electron chi connectivity index (χ4n) is 1.17. The number of rotatable bonds is 2. The average Bonchev–Trinajstić information content (AvgIpc) is 2.60. The Bertz CT molecular complexity index is 464. The van der Waals surface area contributed by atoms with E-state index in [-0.39, 0.29) is 5.75 Å². The topological polar surface area (TPSA) is 37.9 Å². The maximum absolute atomic E-state index is 11.9. The third-order valence-corrected chi connectivity index (χ3v) is 1.82. The van der Waals surface area contributed by atoms with Gasteiger partial charge < -0.3 is 4.74 Å². The van der Waals surface area contributed by atoms with Crippen LogP contribution in [0.25, 0.3) is 10.9 Å². The van der Waals surface area contributed by atoms with Crippen molar-refractivity contribution in [2.24, 2.45) is 0 Å². The van der Waals surface area contributed by atoms with Gasteiger partial charge in [-0.25, -0.2) is 0 Å². The summed E-state index contributed by atoms with van der Waals surface area (Å²) in [6.07, 6.45) is -2.73. The first-order valence-electron chi connectivity index (χ1n) is 4.17. The zero-order valence-electron chi connectivity index (χ0n) is 7.51. The van der Waals surface area contributed by atoms with E-state index >= 15 is 0 Å². The standard InChI is InChI=1S/C9H7F3N2O/c10-9(11,12)5-15-7-2-1-6-4-13-14-8(6)3-7/h1-4H,5H2,(H,13,14). The lowest BCUT2D eigenvalue weighted by molar-refractivity contribution is -0.153. The number of aromatic nitrogens is 2. The molecule has 1 heterocycles. The maximum Gasteiger partial charge on any atom is 0.422 e. The lowest BCUT2D eigenvalue weighted by Gasteiger charge is -2.08. The molecule has 0 bridgehead atoms. The van der Waals surface area contributed by atoms with Gasteiger partial charge in [0.1, 0.15) is 5.75 Å². The summed E-state index contributed by atoms with van der Waals surface area (Å²) in [6, 6.07) is 4.60. The second kappa shape index (κ2) is 3.45. The maximum atomic E-state index is 11.9. The van der Waals surface area contributed by atoms with Crippen LogP contribution in [0.15, 0.2) is 24.4 Å². The van der Waals surface area contributed by atoms with E-state index in [0.29, 0.717) is 5.52 Å². The highest BCUT2D eigenvalue weighted by atomic mass is 19.4. The zero-order valence-corrected chi connectivity index (χ0v) is 7.51. The van der Waals surface area contributed by atoms with E-state index in [9.17, 15) is 13.2 Å². The van der Waals surface area contributed by atoms with Crippen LogP contribution in [0.2, 0.25) is 0 Å². The monoisotopic (exact) mass is 216 g/mol. The first kappa shape index (κ1) is 9.82. The van der Waals surface area contributed by atoms with Crippen molar-refractivity contribution in [2.45, 2.75) is 6.18 Å². The van der Waals surface area contributed by atoms with Crippen molar-refractivity contribution in [2.75, 3.05) is 6.61 Å². The molecule has 0 aliphatic heterocycles. The van der Waals surface area contributed by atoms with Crippen LogP contribution in [-0.2, 0) is 0 Å². The minimum Gasteiger partial charge on any atom is -0.484 e. The minimum absolute atomic E-state index is 0.170. The number of nitrogens with one attached hydrogen (secondary N) is 1. The van der Waals surface area contributed by atoms with Crippen LogP contribution in [0, 0.1) is 0 Å². The Hall–Kier alpha value is -1.72. The molecular formula is C9H7F3N2O. The highest BCUT2D eigenvalue weighted by Crippen LogP contribution is 2.21. The van der Waals surface area contributed by atoms with Crippen molar-refractivity contribution in [1.29, 1.82) is 0 Å². The normalized spacial score (nSPS) is 11.9. The molecule has 1 aromatic heterocycles. The van der Waals surface area contributed by atoms with E-state index in [1.807, 2.05) is 0 Å². The van der Waals surface area contributed by atoms with Gasteiger partial charge in [0, 0.05) is 11.5 Å². The van der Waals surface area contributed by atoms with E-state index in [1.54, 1.807) is 12.3 Å². The lowest BCUT2D eigenvalue weighted by Crippen LogP contribution is -2.19. The molecule has 0 amide bonds. The van der Waals surface area contributed by atoms with Crippen molar-refractivity contribution in [3.05, 3.63) is 24.4 Å². The smallest absolute Gasteiger partial charge is 0.422 e. The molecule has 1 N–H and O–H groups in total. The van der Waals surface area contributed by atoms with Gasteiger partial charge >= 0.3 is 6.18 Å². The number of benzene rings is 1. The summed E-state index contributed by atoms with van der Waals surface area (Å²) in [5.41, 5.74) is 0.648. The van der Waals surface area contributed by atoms with Gasteiger partial charge in [0.25, 0.3) is 0 Å². The van der Waals surface area contributed by atoms with Gasteiger partial charge in [-0.1, -0.05) is 0 Å². The molecule has 1 aromatic carbocycles. The molecule has 0 aliphatic rings. The van der Waals surface area contributed by atoms with E-state index < -0.39 is 12.8 Å². The molecule has 0 atom stereocenters. The van der Waals surface area contributed by atoms with Crippen molar-refractivity contribution in [3.8, 4) is 5.75 Å². The number of ether oxygens (including phenoxy) is 1. The van der Waals surface area contributed by atoms with Crippen LogP contribution in [-0.4, -0.2) is 23.0 Å². The number of nitrogens with zero attached hydrogens (tertiary/aromatic N) is 1. The number of aromatic amines is 1. The third-order valence-electron chi connectivity index (χ3n) is 1.82. The molecule has 15 heavy (non-hydrogen) atoms. The Morgan fingerprint density at radius 1 is 1.33 bits per heavy atom. The number of H-pyrrole nitrogens is 1. The lowest BCUT2D eigenvalue weighted by atomic mass is 10.2. The number of hydrogen-bond acceptors (Lipinski definition) is 2. The van der Waals surface area contributed by atoms with E-state index in [2.05, 4.69) is 14.9 Å². The molecular weight excluding hydrogens is 209 g/mol. The molecule has 3 nitrogen and oxygen atoms in total. The molecule has 0 aliphatic carbocycles. The zero-order chi connectivity index (χ0) is 10.9. The van der Waals surface area contributed by atoms with Crippen LogP contribution in [0.1, 0.15) is 0 Å². The van der Waals surface area contributed by atoms with Crippen molar-refractivity contribution >= 4 is 10.9 Å². The summed E-state index contributed by atoms with van der Waals surface area (Å²) < 4.78 is 40.1. The fraction of sp³-hybridized carbons (Fsp3) is 0.222. The number of halogens is 3. The van der Waals surface area contributed by atoms with Crippen molar-refractivity contribution in [1.82, 2.24) is 10.2 Å². The van der Waals surface area contributed by atoms with Gasteiger partial charge in [0.2, 0.25) is 0 Å². The predicted molar refractivity (Wildman–Crippen MR) is 47.6 cm³/mol. The summed E-state index contributed by atoms with van der Waals surface area (Å²) in [5, 5.41) is 7.22.